The first-order valence-electron chi connectivity index (χ1n) is 9.78. The zero-order chi connectivity index (χ0) is 20.1. The molecule has 0 saturated carbocycles. The van der Waals surface area contributed by atoms with Crippen LogP contribution in [0.1, 0.15) is 25.8 Å². The monoisotopic (exact) mass is 380 g/mol. The topological polar surface area (TPSA) is 58.6 Å². The molecule has 0 aromatic heterocycles. The van der Waals surface area contributed by atoms with Crippen LogP contribution in [0.2, 0.25) is 0 Å². The van der Waals surface area contributed by atoms with Crippen LogP contribution >= 0.6 is 0 Å². The Morgan fingerprint density at radius 3 is 2.61 bits per heavy atom. The number of nitrogens with zero attached hydrogens (tertiary/aromatic N) is 1. The van der Waals surface area contributed by atoms with Gasteiger partial charge >= 0.3 is 0 Å². The first-order chi connectivity index (χ1) is 13.5. The van der Waals surface area contributed by atoms with Crippen molar-refractivity contribution in [2.45, 2.75) is 32.7 Å². The fraction of sp³-hybridized carbons (Fsp3) is 0.391. The third-order valence-corrected chi connectivity index (χ3v) is 5.01. The highest BCUT2D eigenvalue weighted by molar-refractivity contribution is 5.89. The second-order valence-corrected chi connectivity index (χ2v) is 7.62. The summed E-state index contributed by atoms with van der Waals surface area (Å²) in [7, 11) is 1.65. The third-order valence-electron chi connectivity index (χ3n) is 5.01. The average Bonchev–Trinajstić information content (AvgIpc) is 2.69. The van der Waals surface area contributed by atoms with Crippen molar-refractivity contribution in [1.29, 1.82) is 0 Å². The average molecular weight is 380 g/mol. The molecule has 1 N–H and O–H groups in total. The summed E-state index contributed by atoms with van der Waals surface area (Å²) in [5.41, 5.74) is 3.21. The number of carbonyl (C=O) groups is 2. The minimum Gasteiger partial charge on any atom is -0.497 e. The lowest BCUT2D eigenvalue weighted by molar-refractivity contribution is -0.143. The minimum absolute atomic E-state index is 0.0566. The van der Waals surface area contributed by atoms with E-state index in [0.717, 1.165) is 22.4 Å². The number of hydrogen-bond donors (Lipinski definition) is 1. The molecule has 0 bridgehead atoms. The van der Waals surface area contributed by atoms with Gasteiger partial charge in [0, 0.05) is 25.9 Å². The maximum atomic E-state index is 12.6. The largest absolute Gasteiger partial charge is 0.497 e. The van der Waals surface area contributed by atoms with E-state index in [1.54, 1.807) is 12.0 Å². The van der Waals surface area contributed by atoms with Crippen molar-refractivity contribution in [3.8, 4) is 16.9 Å². The lowest BCUT2D eigenvalue weighted by Crippen LogP contribution is -2.58. The van der Waals surface area contributed by atoms with Gasteiger partial charge < -0.3 is 15.0 Å². The summed E-state index contributed by atoms with van der Waals surface area (Å²) in [5, 5.41) is 2.90. The fourth-order valence-corrected chi connectivity index (χ4v) is 3.57. The summed E-state index contributed by atoms with van der Waals surface area (Å²) in [4.78, 5) is 26.9. The van der Waals surface area contributed by atoms with Crippen molar-refractivity contribution in [2.75, 3.05) is 20.2 Å². The second kappa shape index (κ2) is 8.91. The molecule has 1 aliphatic heterocycles. The first-order valence-corrected chi connectivity index (χ1v) is 9.78. The molecule has 28 heavy (non-hydrogen) atoms. The Labute approximate surface area is 166 Å². The molecule has 5 heteroatoms. The third kappa shape index (κ3) is 4.71. The molecule has 1 fully saturated rings. The highest BCUT2D eigenvalue weighted by atomic mass is 16.5. The molecule has 148 valence electrons. The van der Waals surface area contributed by atoms with Gasteiger partial charge in [-0.15, -0.1) is 0 Å². The molecule has 1 atom stereocenters. The van der Waals surface area contributed by atoms with E-state index in [1.807, 2.05) is 56.3 Å². The predicted octanol–water partition coefficient (Wildman–Crippen LogP) is 3.28. The Morgan fingerprint density at radius 1 is 1.18 bits per heavy atom. The molecule has 1 saturated heterocycles. The van der Waals surface area contributed by atoms with Gasteiger partial charge in [0.15, 0.2) is 0 Å². The zero-order valence-electron chi connectivity index (χ0n) is 16.8. The van der Waals surface area contributed by atoms with Crippen LogP contribution in [0, 0.1) is 5.92 Å². The molecule has 0 spiro atoms. The summed E-state index contributed by atoms with van der Waals surface area (Å²) in [6, 6.07) is 15.6. The van der Waals surface area contributed by atoms with E-state index in [9.17, 15) is 9.59 Å². The van der Waals surface area contributed by atoms with E-state index in [2.05, 4.69) is 11.4 Å². The molecule has 2 aromatic rings. The maximum Gasteiger partial charge on any atom is 0.243 e. The standard InChI is InChI=1S/C23H28N2O3/c1-16(2)13-22(26)25-12-11-24-23(27)21(25)15-17-5-4-6-19(14-17)18-7-9-20(28-3)10-8-18/h4-10,14,16,21H,11-13,15H2,1-3H3,(H,24,27). The van der Waals surface area contributed by atoms with E-state index >= 15 is 0 Å². The van der Waals surface area contributed by atoms with Crippen LogP contribution in [0.5, 0.6) is 5.75 Å². The smallest absolute Gasteiger partial charge is 0.243 e. The Hall–Kier alpha value is -2.82. The first kappa shape index (κ1) is 19.9. The van der Waals surface area contributed by atoms with Crippen LogP contribution in [-0.2, 0) is 16.0 Å². The van der Waals surface area contributed by atoms with Crippen LogP contribution in [-0.4, -0.2) is 43.0 Å². The number of rotatable bonds is 6. The molecule has 2 amide bonds. The maximum absolute atomic E-state index is 12.6. The second-order valence-electron chi connectivity index (χ2n) is 7.62. The molecule has 1 heterocycles. The number of hydrogen-bond acceptors (Lipinski definition) is 3. The molecule has 3 rings (SSSR count). The van der Waals surface area contributed by atoms with E-state index in [-0.39, 0.29) is 17.7 Å². The fourth-order valence-electron chi connectivity index (χ4n) is 3.57. The number of nitrogens with one attached hydrogen (secondary N) is 1. The van der Waals surface area contributed by atoms with Crippen molar-refractivity contribution in [2.24, 2.45) is 5.92 Å². The van der Waals surface area contributed by atoms with E-state index < -0.39 is 6.04 Å². The number of amides is 2. The highest BCUT2D eigenvalue weighted by Crippen LogP contribution is 2.24. The van der Waals surface area contributed by atoms with Crippen LogP contribution in [0.4, 0.5) is 0 Å². The van der Waals surface area contributed by atoms with Crippen LogP contribution in [0.25, 0.3) is 11.1 Å². The van der Waals surface area contributed by atoms with Crippen LogP contribution in [0.15, 0.2) is 48.5 Å². The lowest BCUT2D eigenvalue weighted by Gasteiger charge is -2.35. The number of benzene rings is 2. The predicted molar refractivity (Wildman–Crippen MR) is 110 cm³/mol. The summed E-state index contributed by atoms with van der Waals surface area (Å²) in [5.74, 6) is 1.08. The zero-order valence-corrected chi connectivity index (χ0v) is 16.8. The Kier molecular flexibility index (Phi) is 6.34. The molecule has 1 aliphatic rings. The number of ether oxygens (including phenoxy) is 1. The number of piperazine rings is 1. The van der Waals surface area contributed by atoms with Crippen LogP contribution < -0.4 is 10.1 Å². The van der Waals surface area contributed by atoms with E-state index in [1.165, 1.54) is 0 Å². The Balaban J connectivity index is 1.80. The van der Waals surface area contributed by atoms with Gasteiger partial charge in [-0.1, -0.05) is 50.2 Å². The summed E-state index contributed by atoms with van der Waals surface area (Å²) in [6.45, 7) is 5.13. The summed E-state index contributed by atoms with van der Waals surface area (Å²) < 4.78 is 5.22. The summed E-state index contributed by atoms with van der Waals surface area (Å²) in [6.07, 6.45) is 0.981. The molecule has 5 nitrogen and oxygen atoms in total. The molecule has 1 unspecified atom stereocenters. The summed E-state index contributed by atoms with van der Waals surface area (Å²) >= 11 is 0. The lowest BCUT2D eigenvalue weighted by atomic mass is 9.97. The van der Waals surface area contributed by atoms with Crippen molar-refractivity contribution in [3.63, 3.8) is 0 Å². The SMILES string of the molecule is COc1ccc(-c2cccc(CC3C(=O)NCCN3C(=O)CC(C)C)c2)cc1. The number of methoxy groups -OCH3 is 1. The Bertz CT molecular complexity index is 830. The van der Waals surface area contributed by atoms with Gasteiger partial charge in [0.2, 0.25) is 11.8 Å². The van der Waals surface area contributed by atoms with Gasteiger partial charge in [-0.25, -0.2) is 0 Å². The van der Waals surface area contributed by atoms with Crippen molar-refractivity contribution >= 4 is 11.8 Å². The van der Waals surface area contributed by atoms with Gasteiger partial charge in [-0.05, 0) is 34.7 Å². The van der Waals surface area contributed by atoms with Crippen molar-refractivity contribution in [3.05, 3.63) is 54.1 Å². The van der Waals surface area contributed by atoms with E-state index in [0.29, 0.717) is 25.9 Å². The molecule has 2 aromatic carbocycles. The minimum atomic E-state index is -0.453. The van der Waals surface area contributed by atoms with Gasteiger partial charge in [0.25, 0.3) is 0 Å². The van der Waals surface area contributed by atoms with Gasteiger partial charge in [0.1, 0.15) is 11.8 Å². The highest BCUT2D eigenvalue weighted by Gasteiger charge is 2.33. The normalized spacial score (nSPS) is 16.8. The quantitative estimate of drug-likeness (QED) is 0.837. The molecule has 0 radical (unpaired) electrons. The van der Waals surface area contributed by atoms with Crippen molar-refractivity contribution in [1.82, 2.24) is 10.2 Å². The van der Waals surface area contributed by atoms with Gasteiger partial charge in [-0.3, -0.25) is 9.59 Å². The van der Waals surface area contributed by atoms with Crippen molar-refractivity contribution < 1.29 is 14.3 Å². The molecular formula is C23H28N2O3. The molecule has 0 aliphatic carbocycles. The van der Waals surface area contributed by atoms with Gasteiger partial charge in [-0.2, -0.15) is 0 Å². The molecular weight excluding hydrogens is 352 g/mol. The van der Waals surface area contributed by atoms with Crippen LogP contribution in [0.3, 0.4) is 0 Å². The van der Waals surface area contributed by atoms with E-state index in [4.69, 9.17) is 4.74 Å². The Morgan fingerprint density at radius 2 is 1.93 bits per heavy atom. The number of carbonyl (C=O) groups excluding carboxylic acids is 2. The van der Waals surface area contributed by atoms with Gasteiger partial charge in [0.05, 0.1) is 7.11 Å².